The molecule has 1 aliphatic rings. The third kappa shape index (κ3) is 3.08. The molecule has 1 atom stereocenters. The first-order chi connectivity index (χ1) is 11.6. The van der Waals surface area contributed by atoms with Gasteiger partial charge in [0.1, 0.15) is 6.04 Å². The van der Waals surface area contributed by atoms with Gasteiger partial charge in [0.2, 0.25) is 5.88 Å². The van der Waals surface area contributed by atoms with Crippen LogP contribution < -0.4 is 4.74 Å². The lowest BCUT2D eigenvalue weighted by molar-refractivity contribution is -0.142. The number of hydrogen-bond donors (Lipinski definition) is 1. The monoisotopic (exact) mass is 326 g/mol. The number of fused-ring (bicyclic) bond motifs is 1. The van der Waals surface area contributed by atoms with E-state index in [-0.39, 0.29) is 12.5 Å². The Morgan fingerprint density at radius 3 is 2.62 bits per heavy atom. The summed E-state index contributed by atoms with van der Waals surface area (Å²) in [6.07, 6.45) is 1.73. The van der Waals surface area contributed by atoms with Gasteiger partial charge in [-0.25, -0.2) is 9.78 Å². The number of aliphatic carboxylic acids is 1. The zero-order valence-corrected chi connectivity index (χ0v) is 13.3. The molecule has 0 aliphatic carbocycles. The Labute approximate surface area is 139 Å². The van der Waals surface area contributed by atoms with Crippen LogP contribution in [-0.2, 0) is 17.8 Å². The van der Waals surface area contributed by atoms with Crippen LogP contribution in [0.4, 0.5) is 0 Å². The van der Waals surface area contributed by atoms with Crippen LogP contribution in [0.25, 0.3) is 0 Å². The number of aromatic nitrogens is 1. The molecule has 1 aromatic heterocycles. The first-order valence-electron chi connectivity index (χ1n) is 7.79. The molecule has 24 heavy (non-hydrogen) atoms. The van der Waals surface area contributed by atoms with E-state index < -0.39 is 12.0 Å². The Morgan fingerprint density at radius 1 is 1.25 bits per heavy atom. The first kappa shape index (κ1) is 16.0. The molecule has 0 saturated carbocycles. The molecular weight excluding hydrogens is 308 g/mol. The fraction of sp³-hybridized carbons (Fsp3) is 0.278. The Morgan fingerprint density at radius 2 is 2.00 bits per heavy atom. The van der Waals surface area contributed by atoms with Gasteiger partial charge in [-0.1, -0.05) is 24.3 Å². The molecule has 0 bridgehead atoms. The summed E-state index contributed by atoms with van der Waals surface area (Å²) in [5, 5.41) is 9.51. The molecule has 1 N–H and O–H groups in total. The number of carbonyl (C=O) groups excluding carboxylic acids is 1. The highest BCUT2D eigenvalue weighted by Gasteiger charge is 2.34. The third-order valence-electron chi connectivity index (χ3n) is 4.07. The van der Waals surface area contributed by atoms with Gasteiger partial charge in [-0.2, -0.15) is 0 Å². The minimum Gasteiger partial charge on any atom is -0.480 e. The second-order valence-corrected chi connectivity index (χ2v) is 5.58. The van der Waals surface area contributed by atoms with E-state index in [1.165, 1.54) is 11.1 Å². The van der Waals surface area contributed by atoms with Crippen molar-refractivity contribution in [2.24, 2.45) is 0 Å². The summed E-state index contributed by atoms with van der Waals surface area (Å²) in [4.78, 5) is 29.9. The Hall–Kier alpha value is -2.89. The van der Waals surface area contributed by atoms with Gasteiger partial charge in [-0.3, -0.25) is 4.79 Å². The molecule has 0 radical (unpaired) electrons. The molecule has 0 spiro atoms. The number of amides is 1. The van der Waals surface area contributed by atoms with E-state index >= 15 is 0 Å². The van der Waals surface area contributed by atoms with E-state index in [2.05, 4.69) is 4.98 Å². The summed E-state index contributed by atoms with van der Waals surface area (Å²) < 4.78 is 5.26. The third-order valence-corrected chi connectivity index (χ3v) is 4.07. The average Bonchev–Trinajstić information content (AvgIpc) is 2.61. The van der Waals surface area contributed by atoms with Gasteiger partial charge in [0.15, 0.2) is 0 Å². The quantitative estimate of drug-likeness (QED) is 0.931. The molecule has 1 aliphatic heterocycles. The minimum atomic E-state index is -1.00. The van der Waals surface area contributed by atoms with Crippen LogP contribution in [0.1, 0.15) is 28.4 Å². The number of rotatable bonds is 4. The van der Waals surface area contributed by atoms with E-state index in [0.29, 0.717) is 24.5 Å². The standard InChI is InChI=1S/C18H18N2O4/c1-2-24-16-8-7-13(10-19-16)17(21)20-11-14-6-4-3-5-12(14)9-15(20)18(22)23/h3-8,10,15H,2,9,11H2,1H3,(H,22,23)/t15-/m0/s1. The molecule has 2 aromatic rings. The number of nitrogens with zero attached hydrogens (tertiary/aromatic N) is 2. The predicted molar refractivity (Wildman–Crippen MR) is 86.8 cm³/mol. The van der Waals surface area contributed by atoms with Crippen molar-refractivity contribution in [3.05, 3.63) is 59.3 Å². The van der Waals surface area contributed by atoms with E-state index in [1.807, 2.05) is 31.2 Å². The van der Waals surface area contributed by atoms with Gasteiger partial charge in [0, 0.05) is 25.2 Å². The summed E-state index contributed by atoms with van der Waals surface area (Å²) in [6.45, 7) is 2.62. The fourth-order valence-corrected chi connectivity index (χ4v) is 2.86. The maximum atomic E-state index is 12.8. The lowest BCUT2D eigenvalue weighted by atomic mass is 9.93. The van der Waals surface area contributed by atoms with Crippen molar-refractivity contribution in [1.29, 1.82) is 0 Å². The maximum absolute atomic E-state index is 12.8. The number of carboxylic acids is 1. The van der Waals surface area contributed by atoms with E-state index in [9.17, 15) is 14.7 Å². The second kappa shape index (κ2) is 6.70. The van der Waals surface area contributed by atoms with Crippen molar-refractivity contribution in [2.45, 2.75) is 25.9 Å². The van der Waals surface area contributed by atoms with Crippen molar-refractivity contribution >= 4 is 11.9 Å². The predicted octanol–water partition coefficient (Wildman–Crippen LogP) is 2.13. The summed E-state index contributed by atoms with van der Waals surface area (Å²) in [6, 6.07) is 9.95. The van der Waals surface area contributed by atoms with Crippen LogP contribution in [0.5, 0.6) is 5.88 Å². The zero-order valence-electron chi connectivity index (χ0n) is 13.3. The number of carbonyl (C=O) groups is 2. The zero-order chi connectivity index (χ0) is 17.1. The van der Waals surface area contributed by atoms with Crippen LogP contribution in [-0.4, -0.2) is 39.5 Å². The summed E-state index contributed by atoms with van der Waals surface area (Å²) in [5.41, 5.74) is 2.30. The van der Waals surface area contributed by atoms with E-state index in [1.54, 1.807) is 12.1 Å². The highest BCUT2D eigenvalue weighted by molar-refractivity contribution is 5.96. The number of carboxylic acid groups (broad SMARTS) is 1. The molecule has 0 unspecified atom stereocenters. The Kier molecular flexibility index (Phi) is 4.46. The molecule has 3 rings (SSSR count). The van der Waals surface area contributed by atoms with Crippen LogP contribution in [0.3, 0.4) is 0 Å². The van der Waals surface area contributed by atoms with E-state index in [0.717, 1.165) is 11.1 Å². The fourth-order valence-electron chi connectivity index (χ4n) is 2.86. The van der Waals surface area contributed by atoms with Crippen LogP contribution >= 0.6 is 0 Å². The molecule has 1 aromatic carbocycles. The second-order valence-electron chi connectivity index (χ2n) is 5.58. The minimum absolute atomic E-state index is 0.277. The van der Waals surface area contributed by atoms with Gasteiger partial charge in [0.25, 0.3) is 5.91 Å². The van der Waals surface area contributed by atoms with Crippen molar-refractivity contribution in [3.8, 4) is 5.88 Å². The van der Waals surface area contributed by atoms with Crippen molar-refractivity contribution in [2.75, 3.05) is 6.61 Å². The van der Waals surface area contributed by atoms with Crippen molar-refractivity contribution in [1.82, 2.24) is 9.88 Å². The van der Waals surface area contributed by atoms with E-state index in [4.69, 9.17) is 4.74 Å². The van der Waals surface area contributed by atoms with Gasteiger partial charge in [0.05, 0.1) is 12.2 Å². The Bertz CT molecular complexity index is 758. The average molecular weight is 326 g/mol. The van der Waals surface area contributed by atoms with Gasteiger partial charge in [-0.05, 0) is 24.1 Å². The SMILES string of the molecule is CCOc1ccc(C(=O)N2Cc3ccccc3C[C@H]2C(=O)O)cn1. The van der Waals surface area contributed by atoms with Gasteiger partial charge < -0.3 is 14.7 Å². The molecule has 124 valence electrons. The molecule has 0 fully saturated rings. The largest absolute Gasteiger partial charge is 0.480 e. The number of hydrogen-bond acceptors (Lipinski definition) is 4. The molecule has 6 heteroatoms. The highest BCUT2D eigenvalue weighted by atomic mass is 16.5. The van der Waals surface area contributed by atoms with Crippen molar-refractivity contribution < 1.29 is 19.4 Å². The summed E-state index contributed by atoms with van der Waals surface area (Å²) >= 11 is 0. The molecule has 1 amide bonds. The van der Waals surface area contributed by atoms with Crippen LogP contribution in [0.2, 0.25) is 0 Å². The van der Waals surface area contributed by atoms with Crippen LogP contribution in [0, 0.1) is 0 Å². The first-order valence-corrected chi connectivity index (χ1v) is 7.79. The number of benzene rings is 1. The lowest BCUT2D eigenvalue weighted by Gasteiger charge is -2.34. The summed E-state index contributed by atoms with van der Waals surface area (Å²) in [5.74, 6) is -0.906. The molecule has 6 nitrogen and oxygen atoms in total. The van der Waals surface area contributed by atoms with Gasteiger partial charge in [-0.15, -0.1) is 0 Å². The smallest absolute Gasteiger partial charge is 0.326 e. The molecule has 2 heterocycles. The maximum Gasteiger partial charge on any atom is 0.326 e. The lowest BCUT2D eigenvalue weighted by Crippen LogP contribution is -2.48. The number of ether oxygens (including phenoxy) is 1. The molecule has 0 saturated heterocycles. The topological polar surface area (TPSA) is 79.7 Å². The highest BCUT2D eigenvalue weighted by Crippen LogP contribution is 2.25. The van der Waals surface area contributed by atoms with Crippen LogP contribution in [0.15, 0.2) is 42.6 Å². The molecular formula is C18H18N2O4. The number of pyridine rings is 1. The normalized spacial score (nSPS) is 16.4. The van der Waals surface area contributed by atoms with Crippen molar-refractivity contribution in [3.63, 3.8) is 0 Å². The Balaban J connectivity index is 1.88. The van der Waals surface area contributed by atoms with Gasteiger partial charge >= 0.3 is 5.97 Å². The summed E-state index contributed by atoms with van der Waals surface area (Å²) in [7, 11) is 0.